The van der Waals surface area contributed by atoms with Crippen LogP contribution in [0, 0.1) is 5.92 Å². The maximum absolute atomic E-state index is 11.6. The van der Waals surface area contributed by atoms with Crippen LogP contribution in [-0.2, 0) is 19.1 Å². The van der Waals surface area contributed by atoms with Gasteiger partial charge in [-0.2, -0.15) is 0 Å². The molecule has 0 saturated carbocycles. The maximum Gasteiger partial charge on any atom is 0.323 e. The SMILES string of the molecule is CC1(C)OC(=O)C(CC=Cc2ccco2)C(=O)O1. The van der Waals surface area contributed by atoms with Crippen LogP contribution >= 0.6 is 0 Å². The van der Waals surface area contributed by atoms with E-state index in [2.05, 4.69) is 0 Å². The molecule has 1 aliphatic rings. The highest BCUT2D eigenvalue weighted by Gasteiger charge is 2.42. The predicted molar refractivity (Wildman–Crippen MR) is 62.1 cm³/mol. The van der Waals surface area contributed by atoms with E-state index >= 15 is 0 Å². The average molecular weight is 250 g/mol. The van der Waals surface area contributed by atoms with Gasteiger partial charge in [0.25, 0.3) is 5.79 Å². The monoisotopic (exact) mass is 250 g/mol. The van der Waals surface area contributed by atoms with Crippen molar-refractivity contribution in [3.63, 3.8) is 0 Å². The fraction of sp³-hybridized carbons (Fsp3) is 0.385. The minimum atomic E-state index is -1.17. The molecule has 0 atom stereocenters. The summed E-state index contributed by atoms with van der Waals surface area (Å²) >= 11 is 0. The van der Waals surface area contributed by atoms with Gasteiger partial charge in [0, 0.05) is 13.8 Å². The van der Waals surface area contributed by atoms with Gasteiger partial charge in [-0.3, -0.25) is 9.59 Å². The van der Waals surface area contributed by atoms with Crippen molar-refractivity contribution < 1.29 is 23.5 Å². The van der Waals surface area contributed by atoms with E-state index in [0.717, 1.165) is 0 Å². The number of hydrogen-bond donors (Lipinski definition) is 0. The number of allylic oxidation sites excluding steroid dienone is 1. The van der Waals surface area contributed by atoms with Crippen LogP contribution in [0.4, 0.5) is 0 Å². The standard InChI is InChI=1S/C13H14O5/c1-13(2)17-11(14)10(12(15)18-13)7-3-5-9-6-4-8-16-9/h3-6,8,10H,7H2,1-2H3. The predicted octanol–water partition coefficient (Wildman–Crippen LogP) is 2.14. The van der Waals surface area contributed by atoms with E-state index in [-0.39, 0.29) is 6.42 Å². The summed E-state index contributed by atoms with van der Waals surface area (Å²) < 4.78 is 15.1. The van der Waals surface area contributed by atoms with E-state index in [4.69, 9.17) is 13.9 Å². The zero-order chi connectivity index (χ0) is 13.2. The molecule has 0 bridgehead atoms. The molecule has 96 valence electrons. The van der Waals surface area contributed by atoms with Crippen LogP contribution in [0.25, 0.3) is 6.08 Å². The fourth-order valence-electron chi connectivity index (χ4n) is 1.64. The Kier molecular flexibility index (Phi) is 3.23. The Morgan fingerprint density at radius 3 is 2.50 bits per heavy atom. The lowest BCUT2D eigenvalue weighted by atomic mass is 10.0. The first-order valence-electron chi connectivity index (χ1n) is 5.64. The molecular weight excluding hydrogens is 236 g/mol. The minimum Gasteiger partial charge on any atom is -0.465 e. The third-order valence-corrected chi connectivity index (χ3v) is 2.46. The normalized spacial score (nSPS) is 19.9. The van der Waals surface area contributed by atoms with Crippen molar-refractivity contribution in [2.75, 3.05) is 0 Å². The van der Waals surface area contributed by atoms with Gasteiger partial charge in [-0.05, 0) is 24.6 Å². The van der Waals surface area contributed by atoms with Crippen molar-refractivity contribution in [1.82, 2.24) is 0 Å². The quantitative estimate of drug-likeness (QED) is 0.607. The van der Waals surface area contributed by atoms with Gasteiger partial charge in [-0.1, -0.05) is 6.08 Å². The van der Waals surface area contributed by atoms with Gasteiger partial charge in [0.1, 0.15) is 5.76 Å². The van der Waals surface area contributed by atoms with E-state index < -0.39 is 23.6 Å². The van der Waals surface area contributed by atoms with Gasteiger partial charge in [0.15, 0.2) is 5.92 Å². The molecule has 18 heavy (non-hydrogen) atoms. The summed E-state index contributed by atoms with van der Waals surface area (Å²) in [4.78, 5) is 23.3. The van der Waals surface area contributed by atoms with E-state index in [9.17, 15) is 9.59 Å². The van der Waals surface area contributed by atoms with Gasteiger partial charge in [0.05, 0.1) is 6.26 Å². The number of furan rings is 1. The average Bonchev–Trinajstić information content (AvgIpc) is 2.73. The Morgan fingerprint density at radius 1 is 1.28 bits per heavy atom. The summed E-state index contributed by atoms with van der Waals surface area (Å²) in [5, 5.41) is 0. The number of carbonyl (C=O) groups excluding carboxylic acids is 2. The number of esters is 2. The van der Waals surface area contributed by atoms with Crippen molar-refractivity contribution in [2.24, 2.45) is 5.92 Å². The Hall–Kier alpha value is -2.04. The third-order valence-electron chi connectivity index (χ3n) is 2.46. The molecule has 5 nitrogen and oxygen atoms in total. The molecule has 1 saturated heterocycles. The molecule has 0 N–H and O–H groups in total. The molecule has 2 rings (SSSR count). The molecule has 0 spiro atoms. The first kappa shape index (κ1) is 12.4. The van der Waals surface area contributed by atoms with Crippen LogP contribution in [0.2, 0.25) is 0 Å². The second kappa shape index (κ2) is 4.68. The van der Waals surface area contributed by atoms with Crippen LogP contribution in [0.15, 0.2) is 28.9 Å². The van der Waals surface area contributed by atoms with Crippen LogP contribution in [0.1, 0.15) is 26.0 Å². The Labute approximate surface area is 104 Å². The summed E-state index contributed by atoms with van der Waals surface area (Å²) in [7, 11) is 0. The highest BCUT2D eigenvalue weighted by Crippen LogP contribution is 2.25. The smallest absolute Gasteiger partial charge is 0.323 e. The molecule has 0 radical (unpaired) electrons. The highest BCUT2D eigenvalue weighted by molar-refractivity contribution is 5.96. The molecule has 0 aromatic carbocycles. The molecule has 1 aromatic heterocycles. The lowest BCUT2D eigenvalue weighted by molar-refractivity contribution is -0.239. The summed E-state index contributed by atoms with van der Waals surface area (Å²) in [6, 6.07) is 3.53. The molecule has 1 aromatic rings. The zero-order valence-electron chi connectivity index (χ0n) is 10.2. The highest BCUT2D eigenvalue weighted by atomic mass is 16.7. The minimum absolute atomic E-state index is 0.231. The van der Waals surface area contributed by atoms with Crippen molar-refractivity contribution in [2.45, 2.75) is 26.1 Å². The second-order valence-electron chi connectivity index (χ2n) is 4.45. The molecule has 5 heteroatoms. The van der Waals surface area contributed by atoms with E-state index in [1.54, 1.807) is 30.5 Å². The van der Waals surface area contributed by atoms with Gasteiger partial charge in [-0.15, -0.1) is 0 Å². The lowest BCUT2D eigenvalue weighted by Gasteiger charge is -2.32. The van der Waals surface area contributed by atoms with Gasteiger partial charge in [0.2, 0.25) is 0 Å². The van der Waals surface area contributed by atoms with Crippen LogP contribution in [-0.4, -0.2) is 17.7 Å². The third kappa shape index (κ3) is 2.80. The van der Waals surface area contributed by atoms with E-state index in [1.807, 2.05) is 0 Å². The van der Waals surface area contributed by atoms with E-state index in [0.29, 0.717) is 5.76 Å². The van der Waals surface area contributed by atoms with E-state index in [1.165, 1.54) is 13.8 Å². The number of rotatable bonds is 3. The number of hydrogen-bond acceptors (Lipinski definition) is 5. The molecular formula is C13H14O5. The Morgan fingerprint density at radius 2 is 1.94 bits per heavy atom. The first-order chi connectivity index (χ1) is 8.48. The van der Waals surface area contributed by atoms with Crippen molar-refractivity contribution in [3.05, 3.63) is 30.2 Å². The molecule has 0 aliphatic carbocycles. The van der Waals surface area contributed by atoms with Crippen molar-refractivity contribution in [1.29, 1.82) is 0 Å². The van der Waals surface area contributed by atoms with Crippen molar-refractivity contribution in [3.8, 4) is 0 Å². The summed E-state index contributed by atoms with van der Waals surface area (Å²) in [6.45, 7) is 3.05. The maximum atomic E-state index is 11.6. The molecule has 1 aliphatic heterocycles. The number of cyclic esters (lactones) is 2. The molecule has 1 fully saturated rings. The second-order valence-corrected chi connectivity index (χ2v) is 4.45. The zero-order valence-corrected chi connectivity index (χ0v) is 10.2. The Balaban J connectivity index is 1.97. The van der Waals surface area contributed by atoms with Crippen LogP contribution in [0.3, 0.4) is 0 Å². The first-order valence-corrected chi connectivity index (χ1v) is 5.64. The van der Waals surface area contributed by atoms with Gasteiger partial charge < -0.3 is 13.9 Å². The number of carbonyl (C=O) groups is 2. The molecule has 0 amide bonds. The van der Waals surface area contributed by atoms with Crippen LogP contribution in [0.5, 0.6) is 0 Å². The van der Waals surface area contributed by atoms with Crippen LogP contribution < -0.4 is 0 Å². The molecule has 2 heterocycles. The Bertz CT molecular complexity index is 450. The summed E-state index contributed by atoms with van der Waals surface area (Å²) in [5.41, 5.74) is 0. The largest absolute Gasteiger partial charge is 0.465 e. The summed E-state index contributed by atoms with van der Waals surface area (Å²) in [6.07, 6.45) is 5.16. The van der Waals surface area contributed by atoms with Crippen molar-refractivity contribution >= 4 is 18.0 Å². The lowest BCUT2D eigenvalue weighted by Crippen LogP contribution is -2.46. The van der Waals surface area contributed by atoms with Gasteiger partial charge >= 0.3 is 11.9 Å². The number of ether oxygens (including phenoxy) is 2. The van der Waals surface area contributed by atoms with Gasteiger partial charge in [-0.25, -0.2) is 0 Å². The fourth-order valence-corrected chi connectivity index (χ4v) is 1.64. The molecule has 0 unspecified atom stereocenters. The topological polar surface area (TPSA) is 65.7 Å². The summed E-state index contributed by atoms with van der Waals surface area (Å²) in [5.74, 6) is -2.52.